The van der Waals surface area contributed by atoms with E-state index < -0.39 is 11.1 Å². The Kier molecular flexibility index (Phi) is 5.34. The maximum Gasteiger partial charge on any atom is 0.262 e. The Hall–Kier alpha value is -4.77. The molecule has 1 saturated carbocycles. The van der Waals surface area contributed by atoms with E-state index >= 15 is 0 Å². The van der Waals surface area contributed by atoms with Crippen LogP contribution in [0.5, 0.6) is 11.5 Å². The van der Waals surface area contributed by atoms with Crippen LogP contribution in [0.3, 0.4) is 0 Å². The molecule has 0 radical (unpaired) electrons. The van der Waals surface area contributed by atoms with E-state index in [1.54, 1.807) is 22.1 Å². The van der Waals surface area contributed by atoms with E-state index in [4.69, 9.17) is 20.6 Å². The van der Waals surface area contributed by atoms with Crippen molar-refractivity contribution in [2.24, 2.45) is 0 Å². The highest BCUT2D eigenvalue weighted by atomic mass is 32.1. The number of ether oxygens (including phenoxy) is 1. The number of anilines is 1. The monoisotopic (exact) mass is 591 g/mol. The number of nitrogen functional groups attached to an aromatic ring is 1. The number of aromatic hydroxyl groups is 1. The summed E-state index contributed by atoms with van der Waals surface area (Å²) in [7, 11) is 0. The smallest absolute Gasteiger partial charge is 0.262 e. The molecule has 11 heteroatoms. The Morgan fingerprint density at radius 1 is 1.09 bits per heavy atom. The molecule has 10 nitrogen and oxygen atoms in total. The minimum atomic E-state index is -0.486. The number of phenols is 1. The van der Waals surface area contributed by atoms with Crippen LogP contribution in [0.2, 0.25) is 0 Å². The van der Waals surface area contributed by atoms with E-state index in [0.717, 1.165) is 34.4 Å². The first-order chi connectivity index (χ1) is 20.7. The summed E-state index contributed by atoms with van der Waals surface area (Å²) >= 11 is 1.66. The molecule has 0 amide bonds. The summed E-state index contributed by atoms with van der Waals surface area (Å²) in [4.78, 5) is 29.4. The first-order valence-corrected chi connectivity index (χ1v) is 15.1. The zero-order chi connectivity index (χ0) is 29.7. The third-order valence-corrected chi connectivity index (χ3v) is 9.70. The zero-order valence-electron chi connectivity index (χ0n) is 24.0. The standard InChI is InChI=1S/C32H29N7O3S/c1-17-6-4-7-20-24(17)30(41)39(32(11-12-32)22-8-5-13-43-22)23(36-20)15-38-29-25(28(33)34-16-35-29)26(37-38)18-9-10-21(40)27-19(18)14-31(2,3)42-27/h4-10,13,16,40H,11-12,14-15H2,1-3H3,(H2,33,34,35). The molecule has 1 aliphatic carbocycles. The maximum atomic E-state index is 14.3. The van der Waals surface area contributed by atoms with Crippen molar-refractivity contribution < 1.29 is 9.84 Å². The van der Waals surface area contributed by atoms with Crippen molar-refractivity contribution in [1.82, 2.24) is 29.3 Å². The topological polar surface area (TPSA) is 134 Å². The van der Waals surface area contributed by atoms with Gasteiger partial charge in [0.1, 0.15) is 35.8 Å². The van der Waals surface area contributed by atoms with Crippen molar-refractivity contribution in [3.05, 3.63) is 86.4 Å². The molecular formula is C32H29N7O3S. The van der Waals surface area contributed by atoms with Crippen molar-refractivity contribution in [3.63, 3.8) is 0 Å². The third kappa shape index (κ3) is 3.80. The highest BCUT2D eigenvalue weighted by Gasteiger charge is 2.49. The minimum Gasteiger partial charge on any atom is -0.504 e. The number of hydrogen-bond donors (Lipinski definition) is 2. The van der Waals surface area contributed by atoms with Gasteiger partial charge in [-0.15, -0.1) is 11.3 Å². The number of rotatable bonds is 5. The van der Waals surface area contributed by atoms with Crippen LogP contribution in [0.15, 0.2) is 59.0 Å². The molecule has 0 atom stereocenters. The molecule has 0 spiro atoms. The number of aryl methyl sites for hydroxylation is 1. The summed E-state index contributed by atoms with van der Waals surface area (Å²) in [6.07, 6.45) is 3.72. The van der Waals surface area contributed by atoms with Gasteiger partial charge in [-0.05, 0) is 68.8 Å². The highest BCUT2D eigenvalue weighted by Crippen LogP contribution is 2.51. The molecular weight excluding hydrogens is 562 g/mol. The van der Waals surface area contributed by atoms with Gasteiger partial charge in [-0.2, -0.15) is 5.10 Å². The Morgan fingerprint density at radius 2 is 1.93 bits per heavy atom. The first-order valence-electron chi connectivity index (χ1n) is 14.2. The van der Waals surface area contributed by atoms with Crippen LogP contribution in [0.1, 0.15) is 48.5 Å². The average Bonchev–Trinajstić information content (AvgIpc) is 3.28. The molecule has 2 aliphatic rings. The van der Waals surface area contributed by atoms with Gasteiger partial charge in [0.2, 0.25) is 0 Å². The molecule has 1 fully saturated rings. The van der Waals surface area contributed by atoms with Crippen LogP contribution < -0.4 is 16.0 Å². The Morgan fingerprint density at radius 3 is 2.70 bits per heavy atom. The summed E-state index contributed by atoms with van der Waals surface area (Å²) in [5.74, 6) is 1.43. The van der Waals surface area contributed by atoms with E-state index in [0.29, 0.717) is 51.4 Å². The summed E-state index contributed by atoms with van der Waals surface area (Å²) in [6, 6.07) is 13.3. The number of hydrogen-bond acceptors (Lipinski definition) is 9. The van der Waals surface area contributed by atoms with Crippen LogP contribution in [-0.4, -0.2) is 40.0 Å². The van der Waals surface area contributed by atoms with Gasteiger partial charge in [-0.25, -0.2) is 19.6 Å². The van der Waals surface area contributed by atoms with Gasteiger partial charge in [0, 0.05) is 22.4 Å². The lowest BCUT2D eigenvalue weighted by molar-refractivity contribution is 0.134. The molecule has 216 valence electrons. The van der Waals surface area contributed by atoms with Gasteiger partial charge < -0.3 is 15.6 Å². The maximum absolute atomic E-state index is 14.3. The largest absolute Gasteiger partial charge is 0.504 e. The van der Waals surface area contributed by atoms with E-state index in [-0.39, 0.29) is 17.9 Å². The lowest BCUT2D eigenvalue weighted by Gasteiger charge is -2.22. The molecule has 6 aromatic rings. The van der Waals surface area contributed by atoms with Crippen molar-refractivity contribution in [2.75, 3.05) is 5.73 Å². The quantitative estimate of drug-likeness (QED) is 0.281. The molecule has 43 heavy (non-hydrogen) atoms. The van der Waals surface area contributed by atoms with Crippen molar-refractivity contribution >= 4 is 39.1 Å². The second-order valence-corrected chi connectivity index (χ2v) is 13.0. The molecule has 0 unspecified atom stereocenters. The van der Waals surface area contributed by atoms with E-state index in [2.05, 4.69) is 16.0 Å². The molecule has 4 aromatic heterocycles. The van der Waals surface area contributed by atoms with E-state index in [1.165, 1.54) is 6.33 Å². The molecule has 8 rings (SSSR count). The summed E-state index contributed by atoms with van der Waals surface area (Å²) in [5, 5.41) is 18.9. The fourth-order valence-electron chi connectivity index (χ4n) is 6.56. The SMILES string of the molecule is Cc1cccc2nc(Cn3nc(-c4ccc(O)c5c4CC(C)(C)O5)c4c(N)ncnc43)n(C3(c4cccs4)CC3)c(=O)c12. The fourth-order valence-corrected chi connectivity index (χ4v) is 7.53. The van der Waals surface area contributed by atoms with Crippen LogP contribution in [0.4, 0.5) is 5.82 Å². The van der Waals surface area contributed by atoms with Crippen LogP contribution in [-0.2, 0) is 18.5 Å². The molecule has 0 saturated heterocycles. The Labute approximate surface area is 250 Å². The number of benzene rings is 2. The Bertz CT molecular complexity index is 2160. The number of nitrogens with two attached hydrogens (primary N) is 1. The number of aromatic nitrogens is 6. The third-order valence-electron chi connectivity index (χ3n) is 8.63. The van der Waals surface area contributed by atoms with Crippen LogP contribution >= 0.6 is 11.3 Å². The average molecular weight is 592 g/mol. The van der Waals surface area contributed by atoms with Crippen LogP contribution in [0.25, 0.3) is 33.2 Å². The van der Waals surface area contributed by atoms with Gasteiger partial charge >= 0.3 is 0 Å². The fraction of sp³-hybridized carbons (Fsp3) is 0.281. The molecule has 5 heterocycles. The Balaban J connectivity index is 1.36. The molecule has 1 aliphatic heterocycles. The number of nitrogens with zero attached hydrogens (tertiary/aromatic N) is 6. The minimum absolute atomic E-state index is 0.0504. The normalized spacial score (nSPS) is 16.4. The van der Waals surface area contributed by atoms with E-state index in [1.807, 2.05) is 61.1 Å². The van der Waals surface area contributed by atoms with Gasteiger partial charge in [-0.1, -0.05) is 18.2 Å². The van der Waals surface area contributed by atoms with Gasteiger partial charge in [0.05, 0.1) is 21.8 Å². The molecule has 2 aromatic carbocycles. The molecule has 3 N–H and O–H groups in total. The number of fused-ring (bicyclic) bond motifs is 3. The van der Waals surface area contributed by atoms with Crippen molar-refractivity contribution in [3.8, 4) is 22.8 Å². The highest BCUT2D eigenvalue weighted by molar-refractivity contribution is 7.10. The van der Waals surface area contributed by atoms with Gasteiger partial charge in [0.25, 0.3) is 5.56 Å². The lowest BCUT2D eigenvalue weighted by atomic mass is 9.95. The summed E-state index contributed by atoms with van der Waals surface area (Å²) in [5.41, 5.74) is 9.81. The van der Waals surface area contributed by atoms with E-state index in [9.17, 15) is 9.90 Å². The second kappa shape index (κ2) is 8.87. The first kappa shape index (κ1) is 25.9. The van der Waals surface area contributed by atoms with Crippen molar-refractivity contribution in [1.29, 1.82) is 0 Å². The van der Waals surface area contributed by atoms with Crippen molar-refractivity contribution in [2.45, 2.75) is 57.7 Å². The number of phenolic OH excluding ortho intramolecular Hbond substituents is 1. The van der Waals surface area contributed by atoms with Gasteiger partial charge in [0.15, 0.2) is 17.1 Å². The van der Waals surface area contributed by atoms with Gasteiger partial charge in [-0.3, -0.25) is 9.36 Å². The predicted octanol–water partition coefficient (Wildman–Crippen LogP) is 5.16. The zero-order valence-corrected chi connectivity index (χ0v) is 24.8. The number of thiophene rings is 1. The summed E-state index contributed by atoms with van der Waals surface area (Å²) < 4.78 is 9.74. The second-order valence-electron chi connectivity index (χ2n) is 12.1. The van der Waals surface area contributed by atoms with Crippen LogP contribution in [0, 0.1) is 6.92 Å². The lowest BCUT2D eigenvalue weighted by Crippen LogP contribution is -2.35. The summed E-state index contributed by atoms with van der Waals surface area (Å²) in [6.45, 7) is 6.12. The molecule has 0 bridgehead atoms. The predicted molar refractivity (Wildman–Crippen MR) is 166 cm³/mol.